The van der Waals surface area contributed by atoms with Crippen molar-refractivity contribution in [1.82, 2.24) is 0 Å². The Bertz CT molecular complexity index is 1590. The van der Waals surface area contributed by atoms with Crippen LogP contribution in [0.2, 0.25) is 0 Å². The molecule has 2 aliphatic carbocycles. The van der Waals surface area contributed by atoms with Gasteiger partial charge in [0.25, 0.3) is 0 Å². The van der Waals surface area contributed by atoms with Crippen LogP contribution in [-0.2, 0) is 6.42 Å². The fourth-order valence-corrected chi connectivity index (χ4v) is 6.14. The molecule has 5 aromatic carbocycles. The van der Waals surface area contributed by atoms with Crippen molar-refractivity contribution in [3.63, 3.8) is 0 Å². The van der Waals surface area contributed by atoms with Gasteiger partial charge in [-0.25, -0.2) is 0 Å². The summed E-state index contributed by atoms with van der Waals surface area (Å²) in [6.07, 6.45) is 0.984. The van der Waals surface area contributed by atoms with Gasteiger partial charge in [-0.2, -0.15) is 0 Å². The van der Waals surface area contributed by atoms with Crippen molar-refractivity contribution in [1.29, 1.82) is 0 Å². The number of hydrogen-bond donors (Lipinski definition) is 0. The van der Waals surface area contributed by atoms with Gasteiger partial charge in [0.05, 0.1) is 14.2 Å². The van der Waals surface area contributed by atoms with Gasteiger partial charge in [-0.1, -0.05) is 66.7 Å². The number of benzene rings is 5. The third-order valence-electron chi connectivity index (χ3n) is 7.59. The molecule has 0 fully saturated rings. The molecule has 1 unspecified atom stereocenters. The third-order valence-corrected chi connectivity index (χ3v) is 7.59. The highest BCUT2D eigenvalue weighted by molar-refractivity contribution is 6.09. The highest BCUT2D eigenvalue weighted by atomic mass is 16.5. The van der Waals surface area contributed by atoms with Crippen LogP contribution in [0.4, 0.5) is 0 Å². The van der Waals surface area contributed by atoms with Crippen molar-refractivity contribution in [2.24, 2.45) is 0 Å². The number of rotatable bonds is 3. The Morgan fingerprint density at radius 2 is 1.35 bits per heavy atom. The van der Waals surface area contributed by atoms with Crippen LogP contribution in [0.15, 0.2) is 91.0 Å². The Kier molecular flexibility index (Phi) is 4.13. The number of hydrogen-bond acceptors (Lipinski definition) is 2. The molecular formula is C32H24O2. The normalized spacial score (nSPS) is 14.9. The van der Waals surface area contributed by atoms with Crippen LogP contribution in [0.3, 0.4) is 0 Å². The van der Waals surface area contributed by atoms with Gasteiger partial charge in [-0.3, -0.25) is 0 Å². The molecule has 1 atom stereocenters. The number of methoxy groups -OCH3 is 2. The molecule has 0 saturated carbocycles. The van der Waals surface area contributed by atoms with E-state index in [1.165, 1.54) is 60.8 Å². The lowest BCUT2D eigenvalue weighted by atomic mass is 9.83. The summed E-state index contributed by atoms with van der Waals surface area (Å²) in [5.74, 6) is 1.90. The molecule has 0 radical (unpaired) electrons. The van der Waals surface area contributed by atoms with E-state index in [-0.39, 0.29) is 5.92 Å². The second-order valence-electron chi connectivity index (χ2n) is 9.18. The van der Waals surface area contributed by atoms with E-state index in [4.69, 9.17) is 9.47 Å². The molecular weight excluding hydrogens is 416 g/mol. The van der Waals surface area contributed by atoms with Crippen LogP contribution in [-0.4, -0.2) is 14.2 Å². The molecule has 0 aromatic heterocycles. The monoisotopic (exact) mass is 440 g/mol. The first-order valence-electron chi connectivity index (χ1n) is 11.8. The Morgan fingerprint density at radius 1 is 0.647 bits per heavy atom. The second kappa shape index (κ2) is 7.23. The van der Waals surface area contributed by atoms with Crippen LogP contribution in [0.5, 0.6) is 11.5 Å². The fourth-order valence-electron chi connectivity index (χ4n) is 6.14. The number of ether oxygens (including phenoxy) is 2. The fraction of sp³-hybridized carbons (Fsp3) is 0.125. The molecule has 0 aliphatic heterocycles. The summed E-state index contributed by atoms with van der Waals surface area (Å²) in [4.78, 5) is 0. The Balaban J connectivity index is 1.63. The lowest BCUT2D eigenvalue weighted by Crippen LogP contribution is -2.01. The summed E-state index contributed by atoms with van der Waals surface area (Å²) in [6, 6.07) is 33.0. The van der Waals surface area contributed by atoms with Crippen LogP contribution >= 0.6 is 0 Å². The van der Waals surface area contributed by atoms with E-state index >= 15 is 0 Å². The molecule has 0 amide bonds. The van der Waals surface area contributed by atoms with Gasteiger partial charge in [0.1, 0.15) is 11.5 Å². The maximum Gasteiger partial charge on any atom is 0.119 e. The van der Waals surface area contributed by atoms with Gasteiger partial charge in [-0.15, -0.1) is 0 Å². The van der Waals surface area contributed by atoms with Crippen molar-refractivity contribution in [3.8, 4) is 33.8 Å². The van der Waals surface area contributed by atoms with E-state index in [0.717, 1.165) is 17.9 Å². The highest BCUT2D eigenvalue weighted by Crippen LogP contribution is 2.58. The molecule has 5 aromatic rings. The molecule has 0 bridgehead atoms. The van der Waals surface area contributed by atoms with Crippen LogP contribution < -0.4 is 9.47 Å². The predicted octanol–water partition coefficient (Wildman–Crippen LogP) is 7.59. The maximum absolute atomic E-state index is 5.68. The summed E-state index contributed by atoms with van der Waals surface area (Å²) < 4.78 is 11.1. The summed E-state index contributed by atoms with van der Waals surface area (Å²) >= 11 is 0. The second-order valence-corrected chi connectivity index (χ2v) is 9.18. The third kappa shape index (κ3) is 2.57. The van der Waals surface area contributed by atoms with Gasteiger partial charge in [-0.05, 0) is 91.5 Å². The van der Waals surface area contributed by atoms with E-state index in [1.807, 2.05) is 0 Å². The molecule has 7 rings (SSSR count). The van der Waals surface area contributed by atoms with Crippen LogP contribution in [0.1, 0.15) is 33.7 Å². The van der Waals surface area contributed by atoms with Gasteiger partial charge >= 0.3 is 0 Å². The van der Waals surface area contributed by atoms with E-state index < -0.39 is 0 Å². The SMILES string of the molecule is COc1ccc(C2c3cc(OC)ccc3-c3c4c(c5ccccc5c32)Cc2ccccc2-4)cc1. The van der Waals surface area contributed by atoms with Gasteiger partial charge in [0.15, 0.2) is 0 Å². The average Bonchev–Trinajstić information content (AvgIpc) is 3.45. The minimum Gasteiger partial charge on any atom is -0.497 e. The zero-order chi connectivity index (χ0) is 22.8. The van der Waals surface area contributed by atoms with E-state index in [2.05, 4.69) is 91.0 Å². The summed E-state index contributed by atoms with van der Waals surface area (Å²) in [6.45, 7) is 0. The molecule has 0 N–H and O–H groups in total. The van der Waals surface area contributed by atoms with Crippen molar-refractivity contribution in [2.75, 3.05) is 14.2 Å². The molecule has 34 heavy (non-hydrogen) atoms. The van der Waals surface area contributed by atoms with Crippen molar-refractivity contribution < 1.29 is 9.47 Å². The average molecular weight is 441 g/mol. The Labute approximate surface area is 199 Å². The van der Waals surface area contributed by atoms with Gasteiger partial charge in [0, 0.05) is 5.92 Å². The molecule has 2 aliphatic rings. The zero-order valence-corrected chi connectivity index (χ0v) is 19.3. The quantitative estimate of drug-likeness (QED) is 0.282. The Hall–Kier alpha value is -4.04. The topological polar surface area (TPSA) is 18.5 Å². The first-order chi connectivity index (χ1) is 16.8. The number of fused-ring (bicyclic) bond motifs is 10. The smallest absolute Gasteiger partial charge is 0.119 e. The molecule has 0 heterocycles. The lowest BCUT2D eigenvalue weighted by Gasteiger charge is -2.19. The van der Waals surface area contributed by atoms with Gasteiger partial charge in [0.2, 0.25) is 0 Å². The predicted molar refractivity (Wildman–Crippen MR) is 138 cm³/mol. The highest BCUT2D eigenvalue weighted by Gasteiger charge is 2.37. The largest absolute Gasteiger partial charge is 0.497 e. The maximum atomic E-state index is 5.68. The van der Waals surface area contributed by atoms with E-state index in [1.54, 1.807) is 14.2 Å². The molecule has 2 nitrogen and oxygen atoms in total. The molecule has 164 valence electrons. The Morgan fingerprint density at radius 3 is 2.15 bits per heavy atom. The van der Waals surface area contributed by atoms with Gasteiger partial charge < -0.3 is 9.47 Å². The van der Waals surface area contributed by atoms with Crippen LogP contribution in [0, 0.1) is 0 Å². The van der Waals surface area contributed by atoms with Crippen LogP contribution in [0.25, 0.3) is 33.0 Å². The standard InChI is InChI=1S/C32H24O2/c1-33-21-13-11-19(12-14-21)29-28-18-22(34-2)15-16-26(28)32-30-23-8-4-3-7-20(23)17-27(30)24-9-5-6-10-25(24)31(29)32/h3-16,18,29H,17H2,1-2H3. The minimum atomic E-state index is 0.133. The van der Waals surface area contributed by atoms with E-state index in [0.29, 0.717) is 0 Å². The van der Waals surface area contributed by atoms with E-state index in [9.17, 15) is 0 Å². The first kappa shape index (κ1) is 19.4. The molecule has 0 saturated heterocycles. The summed E-state index contributed by atoms with van der Waals surface area (Å²) in [5, 5.41) is 2.71. The molecule has 0 spiro atoms. The minimum absolute atomic E-state index is 0.133. The van der Waals surface area contributed by atoms with Crippen molar-refractivity contribution in [3.05, 3.63) is 119 Å². The first-order valence-corrected chi connectivity index (χ1v) is 11.8. The summed E-state index contributed by atoms with van der Waals surface area (Å²) in [5.41, 5.74) is 12.3. The zero-order valence-electron chi connectivity index (χ0n) is 19.3. The molecule has 2 heteroatoms. The van der Waals surface area contributed by atoms with Crippen molar-refractivity contribution in [2.45, 2.75) is 12.3 Å². The summed E-state index contributed by atoms with van der Waals surface area (Å²) in [7, 11) is 3.46. The lowest BCUT2D eigenvalue weighted by molar-refractivity contribution is 0.414. The van der Waals surface area contributed by atoms with Crippen molar-refractivity contribution >= 4 is 10.8 Å².